The van der Waals surface area contributed by atoms with Crippen molar-refractivity contribution >= 4 is 39.9 Å². The number of aromatic nitrogens is 4. The third kappa shape index (κ3) is 5.44. The first kappa shape index (κ1) is 25.8. The summed E-state index contributed by atoms with van der Waals surface area (Å²) in [5.41, 5.74) is 5.50. The lowest BCUT2D eigenvalue weighted by molar-refractivity contribution is -0.138. The zero-order valence-electron chi connectivity index (χ0n) is 20.0. The molecule has 3 heterocycles. The number of anilines is 1. The van der Waals surface area contributed by atoms with Crippen LogP contribution in [0.2, 0.25) is 0 Å². The van der Waals surface area contributed by atoms with Crippen LogP contribution < -0.4 is 5.73 Å². The van der Waals surface area contributed by atoms with Crippen molar-refractivity contribution in [2.75, 3.05) is 12.8 Å². The molecule has 37 heavy (non-hydrogen) atoms. The number of halogens is 4. The van der Waals surface area contributed by atoms with E-state index in [1.807, 2.05) is 0 Å². The number of hydrazine groups is 1. The van der Waals surface area contributed by atoms with Gasteiger partial charge in [-0.1, -0.05) is 19.3 Å². The van der Waals surface area contributed by atoms with Crippen LogP contribution in [0.15, 0.2) is 36.7 Å². The van der Waals surface area contributed by atoms with Crippen molar-refractivity contribution in [1.29, 1.82) is 0 Å². The largest absolute Gasteiger partial charge is 0.417 e. The topological polar surface area (TPSA) is 110 Å². The Balaban J connectivity index is 0.000000994. The highest BCUT2D eigenvalue weighted by atomic mass is 19.4. The molecule has 0 atom stereocenters. The average molecular weight is 517 g/mol. The highest BCUT2D eigenvalue weighted by Crippen LogP contribution is 2.30. The first-order valence-electron chi connectivity index (χ1n) is 11.2. The van der Waals surface area contributed by atoms with Gasteiger partial charge in [0.25, 0.3) is 5.91 Å². The van der Waals surface area contributed by atoms with E-state index in [1.54, 1.807) is 17.8 Å². The molecule has 5 rings (SSSR count). The van der Waals surface area contributed by atoms with Gasteiger partial charge in [-0.05, 0) is 24.3 Å². The molecule has 13 heteroatoms. The van der Waals surface area contributed by atoms with Crippen molar-refractivity contribution in [1.82, 2.24) is 29.8 Å². The molecule has 0 bridgehead atoms. The summed E-state index contributed by atoms with van der Waals surface area (Å²) in [7, 11) is 2.94. The molecular weight excluding hydrogens is 494 g/mol. The maximum absolute atomic E-state index is 14.4. The smallest absolute Gasteiger partial charge is 0.383 e. The van der Waals surface area contributed by atoms with Crippen LogP contribution >= 0.6 is 0 Å². The Morgan fingerprint density at radius 2 is 1.86 bits per heavy atom. The van der Waals surface area contributed by atoms with Crippen LogP contribution in [0.1, 0.15) is 40.9 Å². The summed E-state index contributed by atoms with van der Waals surface area (Å²) in [6.45, 7) is -0.586. The molecule has 0 spiro atoms. The van der Waals surface area contributed by atoms with Gasteiger partial charge in [0.2, 0.25) is 6.41 Å². The van der Waals surface area contributed by atoms with Gasteiger partial charge in [-0.15, -0.1) is 0 Å². The van der Waals surface area contributed by atoms with Crippen molar-refractivity contribution in [3.05, 3.63) is 59.3 Å². The second-order valence-corrected chi connectivity index (χ2v) is 8.51. The Kier molecular flexibility index (Phi) is 6.96. The van der Waals surface area contributed by atoms with Gasteiger partial charge in [-0.25, -0.2) is 14.4 Å². The number of hydrogen-bond acceptors (Lipinski definition) is 6. The Labute approximate surface area is 208 Å². The Morgan fingerprint density at radius 1 is 1.16 bits per heavy atom. The van der Waals surface area contributed by atoms with Crippen molar-refractivity contribution < 1.29 is 27.2 Å². The molecule has 1 aliphatic carbocycles. The first-order valence-corrected chi connectivity index (χ1v) is 11.2. The van der Waals surface area contributed by atoms with E-state index in [0.29, 0.717) is 34.4 Å². The Morgan fingerprint density at radius 3 is 2.46 bits per heavy atom. The standard InChI is InChI=1S/C21H17F4N7O2.C3H6/c1-30(10-33)32(9-17-15(22)6-12(7-27-17)21(23,24)25)20(34)11-3-4-16-13(5-11)18-14(19(26)29-16)8-28-31(18)2;1-2-3-1/h3-8,10H,9H2,1-2H3,(H2,26,29);1-3H2. The minimum Gasteiger partial charge on any atom is -0.383 e. The van der Waals surface area contributed by atoms with E-state index in [0.717, 1.165) is 10.0 Å². The van der Waals surface area contributed by atoms with Crippen molar-refractivity contribution in [3.8, 4) is 0 Å². The van der Waals surface area contributed by atoms with Crippen LogP contribution in [0.4, 0.5) is 23.4 Å². The second-order valence-electron chi connectivity index (χ2n) is 8.51. The van der Waals surface area contributed by atoms with Gasteiger partial charge in [0.15, 0.2) is 0 Å². The number of carbonyl (C=O) groups excluding carboxylic acids is 2. The van der Waals surface area contributed by atoms with Gasteiger partial charge in [0, 0.05) is 31.2 Å². The number of carbonyl (C=O) groups is 2. The number of pyridine rings is 2. The summed E-state index contributed by atoms with van der Waals surface area (Å²) >= 11 is 0. The molecule has 0 saturated heterocycles. The van der Waals surface area contributed by atoms with Gasteiger partial charge in [-0.2, -0.15) is 18.3 Å². The van der Waals surface area contributed by atoms with Gasteiger partial charge >= 0.3 is 6.18 Å². The quantitative estimate of drug-likeness (QED) is 0.243. The predicted octanol–water partition coefficient (Wildman–Crippen LogP) is 4.07. The fraction of sp³-hybridized carbons (Fsp3) is 0.292. The van der Waals surface area contributed by atoms with Gasteiger partial charge in [0.1, 0.15) is 11.6 Å². The number of rotatable bonds is 5. The van der Waals surface area contributed by atoms with E-state index in [9.17, 15) is 27.2 Å². The van der Waals surface area contributed by atoms with Gasteiger partial charge < -0.3 is 5.73 Å². The molecule has 1 aromatic carbocycles. The zero-order valence-corrected chi connectivity index (χ0v) is 20.0. The molecule has 194 valence electrons. The fourth-order valence-electron chi connectivity index (χ4n) is 3.50. The second kappa shape index (κ2) is 9.99. The highest BCUT2D eigenvalue weighted by molar-refractivity contribution is 6.10. The molecule has 1 fully saturated rings. The van der Waals surface area contributed by atoms with Crippen molar-refractivity contribution in [2.24, 2.45) is 7.05 Å². The Hall–Kier alpha value is -4.29. The molecular formula is C24H23F4N7O2. The summed E-state index contributed by atoms with van der Waals surface area (Å²) in [5, 5.41) is 7.02. The molecule has 0 unspecified atom stereocenters. The Bertz CT molecular complexity index is 1480. The van der Waals surface area contributed by atoms with Crippen LogP contribution in [0.5, 0.6) is 0 Å². The number of hydrogen-bond donors (Lipinski definition) is 1. The van der Waals surface area contributed by atoms with Crippen LogP contribution in [-0.4, -0.2) is 49.1 Å². The lowest BCUT2D eigenvalue weighted by Crippen LogP contribution is -2.43. The summed E-state index contributed by atoms with van der Waals surface area (Å²) in [6.07, 6.45) is 2.04. The van der Waals surface area contributed by atoms with Crippen molar-refractivity contribution in [2.45, 2.75) is 32.0 Å². The number of aryl methyl sites for hydroxylation is 1. The number of alkyl halides is 3. The third-order valence-corrected chi connectivity index (χ3v) is 5.62. The molecule has 2 amide bonds. The molecule has 2 N–H and O–H groups in total. The average Bonchev–Trinajstić information content (AvgIpc) is 3.69. The van der Waals surface area contributed by atoms with Gasteiger partial charge in [-0.3, -0.25) is 24.3 Å². The molecule has 0 aliphatic heterocycles. The fourth-order valence-corrected chi connectivity index (χ4v) is 3.50. The van der Waals surface area contributed by atoms with Crippen LogP contribution in [0.3, 0.4) is 0 Å². The molecule has 1 aliphatic rings. The van der Waals surface area contributed by atoms with E-state index in [2.05, 4.69) is 15.1 Å². The minimum atomic E-state index is -4.78. The molecule has 0 radical (unpaired) electrons. The summed E-state index contributed by atoms with van der Waals surface area (Å²) in [4.78, 5) is 32.5. The number of amides is 2. The van der Waals surface area contributed by atoms with E-state index >= 15 is 0 Å². The van der Waals surface area contributed by atoms with Crippen molar-refractivity contribution in [3.63, 3.8) is 0 Å². The lowest BCUT2D eigenvalue weighted by atomic mass is 10.1. The van der Waals surface area contributed by atoms with E-state index in [4.69, 9.17) is 5.73 Å². The van der Waals surface area contributed by atoms with Gasteiger partial charge in [0.05, 0.1) is 40.4 Å². The molecule has 4 aromatic rings. The number of nitrogens with zero attached hydrogens (tertiary/aromatic N) is 6. The maximum atomic E-state index is 14.4. The SMILES string of the molecule is C1CC1.CN(C=O)N(Cc1ncc(C(F)(F)F)cc1F)C(=O)c1ccc2nc(N)c3cnn(C)c3c2c1. The summed E-state index contributed by atoms with van der Waals surface area (Å²) < 4.78 is 54.4. The number of benzene rings is 1. The molecule has 3 aromatic heterocycles. The molecule has 9 nitrogen and oxygen atoms in total. The van der Waals surface area contributed by atoms with E-state index < -0.39 is 35.7 Å². The first-order chi connectivity index (χ1) is 17.5. The van der Waals surface area contributed by atoms with Crippen LogP contribution in [0.25, 0.3) is 21.8 Å². The third-order valence-electron chi connectivity index (χ3n) is 5.62. The highest BCUT2D eigenvalue weighted by Gasteiger charge is 2.32. The zero-order chi connectivity index (χ0) is 26.9. The minimum absolute atomic E-state index is 0.114. The molecule has 1 saturated carbocycles. The number of nitrogens with two attached hydrogens (primary N) is 1. The lowest BCUT2D eigenvalue weighted by Gasteiger charge is -2.29. The maximum Gasteiger partial charge on any atom is 0.417 e. The number of fused-ring (bicyclic) bond motifs is 3. The summed E-state index contributed by atoms with van der Waals surface area (Å²) in [6, 6.07) is 4.82. The predicted molar refractivity (Wildman–Crippen MR) is 127 cm³/mol. The van der Waals surface area contributed by atoms with Crippen LogP contribution in [0, 0.1) is 5.82 Å². The number of nitrogen functional groups attached to an aromatic ring is 1. The monoisotopic (exact) mass is 517 g/mol. The van der Waals surface area contributed by atoms with Crippen LogP contribution in [-0.2, 0) is 24.6 Å². The summed E-state index contributed by atoms with van der Waals surface area (Å²) in [5.74, 6) is -1.72. The van der Waals surface area contributed by atoms with E-state index in [1.165, 1.54) is 44.6 Å². The normalized spacial score (nSPS) is 12.7. The van der Waals surface area contributed by atoms with E-state index in [-0.39, 0.29) is 17.4 Å².